The lowest BCUT2D eigenvalue weighted by Crippen LogP contribution is -2.32. The number of aromatic nitrogens is 1. The van der Waals surface area contributed by atoms with Crippen LogP contribution < -0.4 is 5.32 Å². The summed E-state index contributed by atoms with van der Waals surface area (Å²) in [7, 11) is 0. The predicted octanol–water partition coefficient (Wildman–Crippen LogP) is 3.17. The van der Waals surface area contributed by atoms with Crippen LogP contribution in [0.2, 0.25) is 0 Å². The molecule has 1 N–H and O–H groups in total. The third kappa shape index (κ3) is 3.84. The highest BCUT2D eigenvalue weighted by molar-refractivity contribution is 6.21. The first-order valence-corrected chi connectivity index (χ1v) is 10.4. The third-order valence-corrected chi connectivity index (χ3v) is 5.88. The first kappa shape index (κ1) is 19.4. The van der Waals surface area contributed by atoms with E-state index in [9.17, 15) is 14.4 Å². The molecule has 1 saturated carbocycles. The average Bonchev–Trinajstić information content (AvgIpc) is 3.45. The van der Waals surface area contributed by atoms with E-state index in [0.717, 1.165) is 6.42 Å². The summed E-state index contributed by atoms with van der Waals surface area (Å²) in [4.78, 5) is 38.1. The Labute approximate surface area is 170 Å². The van der Waals surface area contributed by atoms with Crippen molar-refractivity contribution in [1.29, 1.82) is 0 Å². The van der Waals surface area contributed by atoms with E-state index in [1.165, 1.54) is 34.7 Å². The molecule has 0 saturated heterocycles. The molecule has 0 bridgehead atoms. The van der Waals surface area contributed by atoms with Gasteiger partial charge >= 0.3 is 0 Å². The molecule has 0 unspecified atom stereocenters. The standard InChI is InChI=1S/C23H27N3O3/c1-15-14-17(16(2)26(15)18-9-10-18)11-12-24-21(27)8-5-13-25-22(28)19-6-3-4-7-20(19)23(25)29/h3-4,6-7,14,18H,5,8-13H2,1-2H3,(H,24,27). The Kier molecular flexibility index (Phi) is 5.26. The van der Waals surface area contributed by atoms with Gasteiger partial charge in [-0.1, -0.05) is 12.1 Å². The van der Waals surface area contributed by atoms with Crippen molar-refractivity contribution in [2.24, 2.45) is 0 Å². The number of nitrogens with zero attached hydrogens (tertiary/aromatic N) is 2. The number of nitrogens with one attached hydrogen (secondary N) is 1. The molecule has 2 heterocycles. The maximum absolute atomic E-state index is 12.3. The van der Waals surface area contributed by atoms with Gasteiger partial charge in [-0.05, 0) is 63.3 Å². The van der Waals surface area contributed by atoms with Crippen molar-refractivity contribution >= 4 is 17.7 Å². The van der Waals surface area contributed by atoms with Crippen molar-refractivity contribution in [3.8, 4) is 0 Å². The summed E-state index contributed by atoms with van der Waals surface area (Å²) in [6, 6.07) is 9.74. The molecule has 0 radical (unpaired) electrons. The normalized spacial score (nSPS) is 15.7. The van der Waals surface area contributed by atoms with Gasteiger partial charge in [0.15, 0.2) is 0 Å². The molecule has 1 aromatic carbocycles. The molecule has 6 heteroatoms. The molecule has 29 heavy (non-hydrogen) atoms. The van der Waals surface area contributed by atoms with Crippen molar-refractivity contribution in [3.05, 3.63) is 58.4 Å². The van der Waals surface area contributed by atoms with E-state index in [-0.39, 0.29) is 24.3 Å². The Bertz CT molecular complexity index is 937. The van der Waals surface area contributed by atoms with Crippen LogP contribution in [0.15, 0.2) is 30.3 Å². The van der Waals surface area contributed by atoms with E-state index >= 15 is 0 Å². The molecule has 3 amide bonds. The molecule has 1 aliphatic carbocycles. The van der Waals surface area contributed by atoms with Gasteiger partial charge in [-0.2, -0.15) is 0 Å². The van der Waals surface area contributed by atoms with E-state index in [0.29, 0.717) is 36.6 Å². The number of hydrogen-bond donors (Lipinski definition) is 1. The summed E-state index contributed by atoms with van der Waals surface area (Å²) < 4.78 is 2.42. The second-order valence-corrected chi connectivity index (χ2v) is 8.01. The molecular formula is C23H27N3O3. The minimum atomic E-state index is -0.267. The summed E-state index contributed by atoms with van der Waals surface area (Å²) in [6.07, 6.45) is 4.11. The topological polar surface area (TPSA) is 71.4 Å². The summed E-state index contributed by atoms with van der Waals surface area (Å²) in [5.41, 5.74) is 4.80. The molecule has 2 aliphatic rings. The zero-order valence-corrected chi connectivity index (χ0v) is 17.0. The minimum absolute atomic E-state index is 0.0439. The second kappa shape index (κ2) is 7.85. The Balaban J connectivity index is 1.21. The fourth-order valence-electron chi connectivity index (χ4n) is 4.26. The van der Waals surface area contributed by atoms with Crippen molar-refractivity contribution in [3.63, 3.8) is 0 Å². The number of benzene rings is 1. The van der Waals surface area contributed by atoms with Crippen molar-refractivity contribution < 1.29 is 14.4 Å². The Hall–Kier alpha value is -2.89. The number of aryl methyl sites for hydroxylation is 1. The van der Waals surface area contributed by atoms with Crippen LogP contribution in [0.3, 0.4) is 0 Å². The molecule has 0 spiro atoms. The molecular weight excluding hydrogens is 366 g/mol. The number of carbonyl (C=O) groups is 3. The van der Waals surface area contributed by atoms with Crippen molar-refractivity contribution in [1.82, 2.24) is 14.8 Å². The van der Waals surface area contributed by atoms with Gasteiger partial charge in [0.05, 0.1) is 11.1 Å². The van der Waals surface area contributed by atoms with E-state index in [4.69, 9.17) is 0 Å². The maximum Gasteiger partial charge on any atom is 0.261 e. The maximum atomic E-state index is 12.3. The van der Waals surface area contributed by atoms with E-state index < -0.39 is 0 Å². The molecule has 1 fully saturated rings. The van der Waals surface area contributed by atoms with Gasteiger partial charge in [0.1, 0.15) is 0 Å². The van der Waals surface area contributed by atoms with Gasteiger partial charge in [0.2, 0.25) is 5.91 Å². The van der Waals surface area contributed by atoms with E-state index in [1.807, 2.05) is 0 Å². The van der Waals surface area contributed by atoms with Crippen LogP contribution in [0.1, 0.15) is 69.4 Å². The van der Waals surface area contributed by atoms with Crippen LogP contribution in [0.4, 0.5) is 0 Å². The van der Waals surface area contributed by atoms with Gasteiger partial charge in [0.25, 0.3) is 11.8 Å². The Morgan fingerprint density at radius 1 is 1.10 bits per heavy atom. The molecule has 0 atom stereocenters. The van der Waals surface area contributed by atoms with E-state index in [1.54, 1.807) is 24.3 Å². The van der Waals surface area contributed by atoms with Crippen molar-refractivity contribution in [2.45, 2.75) is 52.0 Å². The van der Waals surface area contributed by atoms with Gasteiger partial charge in [-0.3, -0.25) is 19.3 Å². The minimum Gasteiger partial charge on any atom is -0.356 e. The van der Waals surface area contributed by atoms with Crippen LogP contribution in [-0.2, 0) is 11.2 Å². The number of fused-ring (bicyclic) bond motifs is 1. The number of imide groups is 1. The Morgan fingerprint density at radius 3 is 2.38 bits per heavy atom. The number of carbonyl (C=O) groups excluding carboxylic acids is 3. The number of rotatable bonds is 8. The molecule has 4 rings (SSSR count). The highest BCUT2D eigenvalue weighted by atomic mass is 16.2. The molecule has 6 nitrogen and oxygen atoms in total. The van der Waals surface area contributed by atoms with E-state index in [2.05, 4.69) is 29.8 Å². The van der Waals surface area contributed by atoms with Crippen LogP contribution in [0.25, 0.3) is 0 Å². The summed E-state index contributed by atoms with van der Waals surface area (Å²) in [5.74, 6) is -0.577. The third-order valence-electron chi connectivity index (χ3n) is 5.88. The predicted molar refractivity (Wildman–Crippen MR) is 110 cm³/mol. The fraction of sp³-hybridized carbons (Fsp3) is 0.435. The van der Waals surface area contributed by atoms with Crippen LogP contribution >= 0.6 is 0 Å². The number of hydrogen-bond acceptors (Lipinski definition) is 3. The lowest BCUT2D eigenvalue weighted by Gasteiger charge is -2.13. The van der Waals surface area contributed by atoms with Crippen molar-refractivity contribution in [2.75, 3.05) is 13.1 Å². The molecule has 1 aromatic heterocycles. The zero-order chi connectivity index (χ0) is 20.5. The second-order valence-electron chi connectivity index (χ2n) is 8.01. The first-order chi connectivity index (χ1) is 14.0. The molecule has 152 valence electrons. The smallest absolute Gasteiger partial charge is 0.261 e. The number of amides is 3. The van der Waals surface area contributed by atoms with Gasteiger partial charge in [0, 0.05) is 36.9 Å². The van der Waals surface area contributed by atoms with Crippen LogP contribution in [0, 0.1) is 13.8 Å². The monoisotopic (exact) mass is 393 g/mol. The molecule has 1 aliphatic heterocycles. The lowest BCUT2D eigenvalue weighted by molar-refractivity contribution is -0.121. The van der Waals surface area contributed by atoms with Gasteiger partial charge in [-0.25, -0.2) is 0 Å². The zero-order valence-electron chi connectivity index (χ0n) is 17.0. The lowest BCUT2D eigenvalue weighted by atomic mass is 10.1. The van der Waals surface area contributed by atoms with Crippen LogP contribution in [0.5, 0.6) is 0 Å². The molecule has 2 aromatic rings. The highest BCUT2D eigenvalue weighted by Crippen LogP contribution is 2.38. The summed E-state index contributed by atoms with van der Waals surface area (Å²) in [6.45, 7) is 5.17. The average molecular weight is 393 g/mol. The largest absolute Gasteiger partial charge is 0.356 e. The Morgan fingerprint density at radius 2 is 1.76 bits per heavy atom. The summed E-state index contributed by atoms with van der Waals surface area (Å²) >= 11 is 0. The first-order valence-electron chi connectivity index (χ1n) is 10.4. The van der Waals surface area contributed by atoms with Gasteiger partial charge in [-0.15, -0.1) is 0 Å². The fourth-order valence-corrected chi connectivity index (χ4v) is 4.26. The summed E-state index contributed by atoms with van der Waals surface area (Å²) in [5, 5.41) is 2.96. The highest BCUT2D eigenvalue weighted by Gasteiger charge is 2.34. The van der Waals surface area contributed by atoms with Crippen LogP contribution in [-0.4, -0.2) is 40.3 Å². The SMILES string of the molecule is Cc1cc(CCNC(=O)CCCN2C(=O)c3ccccc3C2=O)c(C)n1C1CC1. The van der Waals surface area contributed by atoms with Gasteiger partial charge < -0.3 is 9.88 Å². The quantitative estimate of drug-likeness (QED) is 0.700.